The molecule has 3 rings (SSSR count). The summed E-state index contributed by atoms with van der Waals surface area (Å²) >= 11 is 18.1. The minimum atomic E-state index is -4.02. The predicted octanol–water partition coefficient (Wildman–Crippen LogP) is 6.04. The van der Waals surface area contributed by atoms with E-state index in [0.29, 0.717) is 26.3 Å². The molecule has 0 saturated carbocycles. The minimum Gasteiger partial charge on any atom is -0.325 e. The van der Waals surface area contributed by atoms with Crippen LogP contribution in [-0.4, -0.2) is 25.2 Å². The standard InChI is InChI=1S/C23H21Cl3N2O3S/c1-2-16-3-9-20(10-4-16)27-23(29)15-28(14-17-5-6-19(25)13-22(17)26)32(30,31)21-11-7-18(24)8-12-21/h3-13H,2,14-15H2,1H3,(H,27,29). The van der Waals surface area contributed by atoms with E-state index in [2.05, 4.69) is 5.32 Å². The number of aryl methyl sites for hydroxylation is 1. The van der Waals surface area contributed by atoms with E-state index in [9.17, 15) is 13.2 Å². The van der Waals surface area contributed by atoms with Crippen molar-refractivity contribution >= 4 is 56.4 Å². The molecule has 0 bridgehead atoms. The maximum absolute atomic E-state index is 13.3. The smallest absolute Gasteiger partial charge is 0.243 e. The maximum Gasteiger partial charge on any atom is 0.243 e. The highest BCUT2D eigenvalue weighted by molar-refractivity contribution is 7.89. The average molecular weight is 512 g/mol. The highest BCUT2D eigenvalue weighted by atomic mass is 35.5. The molecule has 3 aromatic rings. The van der Waals surface area contributed by atoms with E-state index in [0.717, 1.165) is 16.3 Å². The van der Waals surface area contributed by atoms with Crippen molar-refractivity contribution in [3.63, 3.8) is 0 Å². The van der Waals surface area contributed by atoms with Crippen molar-refractivity contribution in [1.29, 1.82) is 0 Å². The number of rotatable bonds is 8. The molecule has 0 aliphatic rings. The summed E-state index contributed by atoms with van der Waals surface area (Å²) in [4.78, 5) is 12.8. The van der Waals surface area contributed by atoms with Crippen LogP contribution in [0.3, 0.4) is 0 Å². The van der Waals surface area contributed by atoms with Gasteiger partial charge in [0.1, 0.15) is 0 Å². The molecule has 0 heterocycles. The first-order valence-electron chi connectivity index (χ1n) is 9.77. The van der Waals surface area contributed by atoms with Crippen molar-refractivity contribution in [2.75, 3.05) is 11.9 Å². The Hall–Kier alpha value is -2.09. The summed E-state index contributed by atoms with van der Waals surface area (Å²) in [6.07, 6.45) is 0.878. The van der Waals surface area contributed by atoms with E-state index in [1.54, 1.807) is 24.3 Å². The summed E-state index contributed by atoms with van der Waals surface area (Å²) in [5, 5.41) is 3.89. The minimum absolute atomic E-state index is 0.0204. The largest absolute Gasteiger partial charge is 0.325 e. The fourth-order valence-corrected chi connectivity index (χ4v) is 4.97. The Bertz CT molecular complexity index is 1200. The van der Waals surface area contributed by atoms with E-state index in [4.69, 9.17) is 34.8 Å². The lowest BCUT2D eigenvalue weighted by atomic mass is 10.1. The van der Waals surface area contributed by atoms with E-state index >= 15 is 0 Å². The van der Waals surface area contributed by atoms with E-state index in [-0.39, 0.29) is 11.4 Å². The van der Waals surface area contributed by atoms with Gasteiger partial charge in [0.05, 0.1) is 11.4 Å². The van der Waals surface area contributed by atoms with Crippen LogP contribution in [0.2, 0.25) is 15.1 Å². The van der Waals surface area contributed by atoms with Gasteiger partial charge in [-0.1, -0.05) is 59.9 Å². The van der Waals surface area contributed by atoms with E-state index in [1.807, 2.05) is 19.1 Å². The number of sulfonamides is 1. The van der Waals surface area contributed by atoms with Crippen molar-refractivity contribution in [2.45, 2.75) is 24.8 Å². The molecule has 0 unspecified atom stereocenters. The van der Waals surface area contributed by atoms with Crippen molar-refractivity contribution < 1.29 is 13.2 Å². The maximum atomic E-state index is 13.3. The lowest BCUT2D eigenvalue weighted by Crippen LogP contribution is -2.37. The number of nitrogens with zero attached hydrogens (tertiary/aromatic N) is 1. The normalized spacial score (nSPS) is 11.5. The molecule has 1 amide bonds. The van der Waals surface area contributed by atoms with Gasteiger partial charge in [-0.25, -0.2) is 8.42 Å². The van der Waals surface area contributed by atoms with Crippen molar-refractivity contribution in [2.24, 2.45) is 0 Å². The number of halogens is 3. The van der Waals surface area contributed by atoms with Gasteiger partial charge in [0.25, 0.3) is 0 Å². The molecule has 0 fully saturated rings. The SMILES string of the molecule is CCc1ccc(NC(=O)CN(Cc2ccc(Cl)cc2Cl)S(=O)(=O)c2ccc(Cl)cc2)cc1. The molecule has 32 heavy (non-hydrogen) atoms. The molecular weight excluding hydrogens is 491 g/mol. The zero-order chi connectivity index (χ0) is 23.3. The Morgan fingerprint density at radius 3 is 2.12 bits per heavy atom. The molecule has 0 aliphatic carbocycles. The number of carbonyl (C=O) groups excluding carboxylic acids is 1. The van der Waals surface area contributed by atoms with Crippen LogP contribution in [-0.2, 0) is 27.8 Å². The highest BCUT2D eigenvalue weighted by Crippen LogP contribution is 2.26. The summed E-state index contributed by atoms with van der Waals surface area (Å²) < 4.78 is 27.7. The lowest BCUT2D eigenvalue weighted by Gasteiger charge is -2.22. The molecule has 0 atom stereocenters. The number of carbonyl (C=O) groups is 1. The molecule has 3 aromatic carbocycles. The van der Waals surface area contributed by atoms with Gasteiger partial charge in [0.15, 0.2) is 0 Å². The van der Waals surface area contributed by atoms with Crippen molar-refractivity contribution in [3.8, 4) is 0 Å². The summed E-state index contributed by atoms with van der Waals surface area (Å²) in [5.41, 5.74) is 2.24. The molecule has 0 radical (unpaired) electrons. The Morgan fingerprint density at radius 1 is 0.906 bits per heavy atom. The van der Waals surface area contributed by atoms with Crippen molar-refractivity contribution in [3.05, 3.63) is 92.9 Å². The van der Waals surface area contributed by atoms with Crippen molar-refractivity contribution in [1.82, 2.24) is 4.31 Å². The number of anilines is 1. The highest BCUT2D eigenvalue weighted by Gasteiger charge is 2.27. The third-order valence-corrected chi connectivity index (χ3v) is 7.42. The van der Waals surface area contributed by atoms with Gasteiger partial charge in [-0.05, 0) is 66.1 Å². The summed E-state index contributed by atoms with van der Waals surface area (Å²) in [7, 11) is -4.02. The molecular formula is C23H21Cl3N2O3S. The number of benzene rings is 3. The number of amides is 1. The van der Waals surface area contributed by atoms with Gasteiger partial charge in [-0.2, -0.15) is 4.31 Å². The molecule has 0 spiro atoms. The molecule has 5 nitrogen and oxygen atoms in total. The first-order valence-corrected chi connectivity index (χ1v) is 12.3. The molecule has 0 aromatic heterocycles. The number of hydrogen-bond donors (Lipinski definition) is 1. The second-order valence-electron chi connectivity index (χ2n) is 7.06. The van der Waals surface area contributed by atoms with Crippen LogP contribution in [0.15, 0.2) is 71.6 Å². The van der Waals surface area contributed by atoms with Crippen LogP contribution < -0.4 is 5.32 Å². The number of hydrogen-bond acceptors (Lipinski definition) is 3. The fraction of sp³-hybridized carbons (Fsp3) is 0.174. The monoisotopic (exact) mass is 510 g/mol. The van der Waals surface area contributed by atoms with Gasteiger partial charge in [-0.3, -0.25) is 4.79 Å². The Morgan fingerprint density at radius 2 is 1.53 bits per heavy atom. The fourth-order valence-electron chi connectivity index (χ4n) is 3.01. The number of nitrogens with one attached hydrogen (secondary N) is 1. The van der Waals surface area contributed by atoms with Gasteiger partial charge in [0.2, 0.25) is 15.9 Å². The summed E-state index contributed by atoms with van der Waals surface area (Å²) in [6, 6.07) is 17.9. The van der Waals surface area contributed by atoms with Gasteiger partial charge in [0, 0.05) is 27.3 Å². The average Bonchev–Trinajstić information content (AvgIpc) is 2.75. The Labute approximate surface area is 203 Å². The van der Waals surface area contributed by atoms with Gasteiger partial charge in [-0.15, -0.1) is 0 Å². The zero-order valence-corrected chi connectivity index (χ0v) is 20.3. The first kappa shape index (κ1) is 24.6. The van der Waals surface area contributed by atoms with E-state index < -0.39 is 22.5 Å². The zero-order valence-electron chi connectivity index (χ0n) is 17.2. The van der Waals surface area contributed by atoms with Crippen LogP contribution in [0.4, 0.5) is 5.69 Å². The quantitative estimate of drug-likeness (QED) is 0.401. The molecule has 168 valence electrons. The summed E-state index contributed by atoms with van der Waals surface area (Å²) in [6.45, 7) is 1.53. The van der Waals surface area contributed by atoms with Gasteiger partial charge >= 0.3 is 0 Å². The van der Waals surface area contributed by atoms with Crippen LogP contribution in [0.5, 0.6) is 0 Å². The second-order valence-corrected chi connectivity index (χ2v) is 10.3. The molecule has 0 saturated heterocycles. The van der Waals surface area contributed by atoms with Crippen LogP contribution in [0.1, 0.15) is 18.1 Å². The third kappa shape index (κ3) is 6.24. The summed E-state index contributed by atoms with van der Waals surface area (Å²) in [5.74, 6) is -0.475. The van der Waals surface area contributed by atoms with Gasteiger partial charge < -0.3 is 5.32 Å². The Kier molecular flexibility index (Phi) is 8.20. The lowest BCUT2D eigenvalue weighted by molar-refractivity contribution is -0.116. The molecule has 1 N–H and O–H groups in total. The topological polar surface area (TPSA) is 66.5 Å². The predicted molar refractivity (Wildman–Crippen MR) is 130 cm³/mol. The first-order chi connectivity index (χ1) is 15.2. The third-order valence-electron chi connectivity index (χ3n) is 4.78. The molecule has 0 aliphatic heterocycles. The van der Waals surface area contributed by atoms with Crippen LogP contribution in [0.25, 0.3) is 0 Å². The van der Waals surface area contributed by atoms with Crippen LogP contribution in [0, 0.1) is 0 Å². The van der Waals surface area contributed by atoms with E-state index in [1.165, 1.54) is 30.3 Å². The molecule has 9 heteroatoms. The van der Waals surface area contributed by atoms with Crippen LogP contribution >= 0.6 is 34.8 Å². The second kappa shape index (κ2) is 10.7. The Balaban J connectivity index is 1.88.